The normalized spacial score (nSPS) is 13.3. The molecule has 0 bridgehead atoms. The molecule has 1 aromatic carbocycles. The first-order valence-corrected chi connectivity index (χ1v) is 11.2. The first-order valence-electron chi connectivity index (χ1n) is 8.76. The molecule has 0 saturated carbocycles. The highest BCUT2D eigenvalue weighted by molar-refractivity contribution is 14.0. The minimum Gasteiger partial charge on any atom is -0.361 e. The molecule has 0 saturated heterocycles. The number of hydrogen-bond acceptors (Lipinski definition) is 3. The Morgan fingerprint density at radius 1 is 1.37 bits per heavy atom. The van der Waals surface area contributed by atoms with Crippen LogP contribution in [0.3, 0.4) is 0 Å². The Morgan fingerprint density at radius 3 is 2.78 bits per heavy atom. The van der Waals surface area contributed by atoms with Gasteiger partial charge in [-0.1, -0.05) is 11.6 Å². The van der Waals surface area contributed by atoms with Crippen LogP contribution in [0.2, 0.25) is 5.02 Å². The number of nitrogens with zero attached hydrogens (tertiary/aromatic N) is 1. The highest BCUT2D eigenvalue weighted by atomic mass is 127. The number of nitrogens with one attached hydrogen (secondary N) is 3. The summed E-state index contributed by atoms with van der Waals surface area (Å²) in [7, 11) is -2.95. The van der Waals surface area contributed by atoms with Gasteiger partial charge in [0.15, 0.2) is 5.96 Å². The maximum atomic E-state index is 11.3. The summed E-state index contributed by atoms with van der Waals surface area (Å²) in [5.74, 6) is 0.864. The molecule has 1 aromatic heterocycles. The Bertz CT molecular complexity index is 867. The number of sulfone groups is 1. The molecule has 3 N–H and O–H groups in total. The molecule has 0 radical (unpaired) electrons. The van der Waals surface area contributed by atoms with Crippen LogP contribution in [0.1, 0.15) is 25.8 Å². The van der Waals surface area contributed by atoms with Crippen LogP contribution >= 0.6 is 35.6 Å². The van der Waals surface area contributed by atoms with Crippen LogP contribution in [0.4, 0.5) is 0 Å². The molecule has 1 unspecified atom stereocenters. The Kier molecular flexibility index (Phi) is 9.89. The lowest BCUT2D eigenvalue weighted by atomic mass is 10.1. The molecule has 0 aliphatic heterocycles. The Morgan fingerprint density at radius 2 is 2.11 bits per heavy atom. The second-order valence-corrected chi connectivity index (χ2v) is 9.17. The van der Waals surface area contributed by atoms with E-state index in [4.69, 9.17) is 11.6 Å². The third-order valence-electron chi connectivity index (χ3n) is 4.03. The van der Waals surface area contributed by atoms with Crippen molar-refractivity contribution in [1.29, 1.82) is 0 Å². The summed E-state index contributed by atoms with van der Waals surface area (Å²) < 4.78 is 22.6. The van der Waals surface area contributed by atoms with Gasteiger partial charge < -0.3 is 15.6 Å². The number of benzene rings is 1. The van der Waals surface area contributed by atoms with E-state index < -0.39 is 9.84 Å². The van der Waals surface area contributed by atoms with E-state index in [2.05, 4.69) is 20.6 Å². The molecule has 0 amide bonds. The van der Waals surface area contributed by atoms with E-state index in [0.717, 1.165) is 28.9 Å². The molecule has 27 heavy (non-hydrogen) atoms. The molecule has 2 rings (SSSR count). The van der Waals surface area contributed by atoms with E-state index in [9.17, 15) is 8.42 Å². The summed E-state index contributed by atoms with van der Waals surface area (Å²) in [5.41, 5.74) is 2.24. The molecule has 0 aliphatic carbocycles. The minimum absolute atomic E-state index is 0. The number of aliphatic imine (C=N–C) groups is 1. The van der Waals surface area contributed by atoms with Crippen molar-refractivity contribution < 1.29 is 8.42 Å². The lowest BCUT2D eigenvalue weighted by Gasteiger charge is -2.17. The zero-order valence-corrected chi connectivity index (χ0v) is 19.8. The average Bonchev–Trinajstić information content (AvgIpc) is 2.95. The van der Waals surface area contributed by atoms with E-state index in [-0.39, 0.29) is 35.8 Å². The number of H-pyrrole nitrogens is 1. The maximum Gasteiger partial charge on any atom is 0.191 e. The molecule has 2 aromatic rings. The van der Waals surface area contributed by atoms with Crippen LogP contribution in [0.5, 0.6) is 0 Å². The molecule has 152 valence electrons. The highest BCUT2D eigenvalue weighted by Crippen LogP contribution is 2.22. The van der Waals surface area contributed by atoms with Gasteiger partial charge in [-0.05, 0) is 50.5 Å². The van der Waals surface area contributed by atoms with Crippen LogP contribution in [0.15, 0.2) is 29.4 Å². The van der Waals surface area contributed by atoms with E-state index in [1.165, 1.54) is 11.8 Å². The molecule has 0 spiro atoms. The van der Waals surface area contributed by atoms with Gasteiger partial charge in [-0.25, -0.2) is 8.42 Å². The number of hydrogen-bond donors (Lipinski definition) is 3. The standard InChI is InChI=1S/C18H27ClN4O2S.HI/c1-4-20-18(23-13(2)8-10-26(3,24)25)21-9-7-14-12-22-17-6-5-15(19)11-16(14)17;/h5-6,11-13,22H,4,7-10H2,1-3H3,(H2,20,21,23);1H. The first-order chi connectivity index (χ1) is 12.3. The molecule has 0 aliphatic rings. The lowest BCUT2D eigenvalue weighted by Crippen LogP contribution is -2.43. The smallest absolute Gasteiger partial charge is 0.191 e. The largest absolute Gasteiger partial charge is 0.361 e. The highest BCUT2D eigenvalue weighted by Gasteiger charge is 2.10. The number of guanidine groups is 1. The van der Waals surface area contributed by atoms with Crippen molar-refractivity contribution in [2.24, 2.45) is 4.99 Å². The molecule has 1 heterocycles. The zero-order chi connectivity index (χ0) is 19.2. The Labute approximate surface area is 183 Å². The number of aromatic amines is 1. The summed E-state index contributed by atoms with van der Waals surface area (Å²) in [4.78, 5) is 7.85. The fourth-order valence-electron chi connectivity index (χ4n) is 2.66. The van der Waals surface area contributed by atoms with Crippen molar-refractivity contribution in [3.05, 3.63) is 35.0 Å². The predicted molar refractivity (Wildman–Crippen MR) is 125 cm³/mol. The second-order valence-electron chi connectivity index (χ2n) is 6.48. The maximum absolute atomic E-state index is 11.3. The number of aromatic nitrogens is 1. The zero-order valence-electron chi connectivity index (χ0n) is 15.9. The van der Waals surface area contributed by atoms with E-state index >= 15 is 0 Å². The fraction of sp³-hybridized carbons (Fsp3) is 0.500. The van der Waals surface area contributed by atoms with Gasteiger partial charge in [-0.15, -0.1) is 24.0 Å². The van der Waals surface area contributed by atoms with Gasteiger partial charge in [0.25, 0.3) is 0 Å². The van der Waals surface area contributed by atoms with Crippen molar-refractivity contribution in [1.82, 2.24) is 15.6 Å². The van der Waals surface area contributed by atoms with Crippen LogP contribution in [0.25, 0.3) is 10.9 Å². The van der Waals surface area contributed by atoms with Crippen LogP contribution in [-0.2, 0) is 16.3 Å². The third-order valence-corrected chi connectivity index (χ3v) is 5.24. The van der Waals surface area contributed by atoms with Gasteiger partial charge in [-0.3, -0.25) is 4.99 Å². The molecule has 1 atom stereocenters. The minimum atomic E-state index is -2.95. The topological polar surface area (TPSA) is 86.3 Å². The van der Waals surface area contributed by atoms with E-state index in [1.54, 1.807) is 0 Å². The second kappa shape index (κ2) is 11.1. The van der Waals surface area contributed by atoms with E-state index in [1.807, 2.05) is 38.2 Å². The average molecular weight is 527 g/mol. The summed E-state index contributed by atoms with van der Waals surface area (Å²) in [5, 5.41) is 8.30. The van der Waals surface area contributed by atoms with Crippen molar-refractivity contribution >= 4 is 62.3 Å². The van der Waals surface area contributed by atoms with Crippen LogP contribution < -0.4 is 10.6 Å². The Hall–Kier alpha value is -1.000. The Balaban J connectivity index is 0.00000364. The summed E-state index contributed by atoms with van der Waals surface area (Å²) in [6, 6.07) is 5.82. The lowest BCUT2D eigenvalue weighted by molar-refractivity contribution is 0.581. The molecular weight excluding hydrogens is 499 g/mol. The van der Waals surface area contributed by atoms with Crippen molar-refractivity contribution in [2.45, 2.75) is 32.7 Å². The van der Waals surface area contributed by atoms with Crippen molar-refractivity contribution in [3.8, 4) is 0 Å². The van der Waals surface area contributed by atoms with Crippen LogP contribution in [-0.4, -0.2) is 50.5 Å². The third kappa shape index (κ3) is 8.27. The number of fused-ring (bicyclic) bond motifs is 1. The van der Waals surface area contributed by atoms with Gasteiger partial charge in [-0.2, -0.15) is 0 Å². The van der Waals surface area contributed by atoms with Gasteiger partial charge in [0.2, 0.25) is 0 Å². The molecule has 6 nitrogen and oxygen atoms in total. The van der Waals surface area contributed by atoms with E-state index in [0.29, 0.717) is 18.9 Å². The fourth-order valence-corrected chi connectivity index (χ4v) is 3.62. The predicted octanol–water partition coefficient (Wildman–Crippen LogP) is 3.36. The van der Waals surface area contributed by atoms with Crippen molar-refractivity contribution in [3.63, 3.8) is 0 Å². The number of halogens is 2. The first kappa shape index (κ1) is 24.0. The van der Waals surface area contributed by atoms with Gasteiger partial charge >= 0.3 is 0 Å². The molecular formula is C18H28ClIN4O2S. The summed E-state index contributed by atoms with van der Waals surface area (Å²) in [6.45, 7) is 5.32. The molecule has 0 fully saturated rings. The monoisotopic (exact) mass is 526 g/mol. The van der Waals surface area contributed by atoms with Crippen LogP contribution in [0, 0.1) is 0 Å². The van der Waals surface area contributed by atoms with Gasteiger partial charge in [0, 0.05) is 47.5 Å². The molecule has 9 heteroatoms. The quantitative estimate of drug-likeness (QED) is 0.280. The van der Waals surface area contributed by atoms with Gasteiger partial charge in [0.05, 0.1) is 5.75 Å². The van der Waals surface area contributed by atoms with Gasteiger partial charge in [0.1, 0.15) is 9.84 Å². The number of rotatable bonds is 8. The summed E-state index contributed by atoms with van der Waals surface area (Å²) in [6.07, 6.45) is 4.58. The summed E-state index contributed by atoms with van der Waals surface area (Å²) >= 11 is 6.09. The van der Waals surface area contributed by atoms with Crippen molar-refractivity contribution in [2.75, 3.05) is 25.1 Å². The SMILES string of the molecule is CCNC(=NCCc1c[nH]c2ccc(Cl)cc12)NC(C)CCS(C)(=O)=O.I.